The van der Waals surface area contributed by atoms with Crippen molar-refractivity contribution in [2.75, 3.05) is 19.6 Å². The fourth-order valence-corrected chi connectivity index (χ4v) is 3.32. The van der Waals surface area contributed by atoms with Gasteiger partial charge in [-0.2, -0.15) is 0 Å². The highest BCUT2D eigenvalue weighted by Crippen LogP contribution is 2.18. The van der Waals surface area contributed by atoms with Gasteiger partial charge in [-0.05, 0) is 51.3 Å². The van der Waals surface area contributed by atoms with Gasteiger partial charge in [0.25, 0.3) is 0 Å². The molecule has 0 aliphatic carbocycles. The quantitative estimate of drug-likeness (QED) is 0.490. The topological polar surface area (TPSA) is 145 Å². The van der Waals surface area contributed by atoms with E-state index in [1.165, 1.54) is 12.1 Å². The fourth-order valence-electron chi connectivity index (χ4n) is 3.32. The molecule has 4 N–H and O–H groups in total. The van der Waals surface area contributed by atoms with E-state index in [9.17, 15) is 29.4 Å². The highest BCUT2D eigenvalue weighted by atomic mass is 16.6. The summed E-state index contributed by atoms with van der Waals surface area (Å²) in [5, 5.41) is 23.8. The average molecular weight is 450 g/mol. The number of hydrogen-bond donors (Lipinski definition) is 4. The van der Waals surface area contributed by atoms with Gasteiger partial charge in [0.1, 0.15) is 23.9 Å². The van der Waals surface area contributed by atoms with E-state index in [4.69, 9.17) is 4.74 Å². The van der Waals surface area contributed by atoms with E-state index in [1.54, 1.807) is 37.8 Å². The number of phenolic OH excluding ortho intramolecular Hbond substituents is 1. The zero-order chi connectivity index (χ0) is 23.9. The summed E-state index contributed by atoms with van der Waals surface area (Å²) in [4.78, 5) is 49.7. The predicted molar refractivity (Wildman–Crippen MR) is 115 cm³/mol. The fraction of sp³-hybridized carbons (Fsp3) is 0.545. The third-order valence-electron chi connectivity index (χ3n) is 4.99. The van der Waals surface area contributed by atoms with E-state index in [1.807, 2.05) is 0 Å². The smallest absolute Gasteiger partial charge is 0.408 e. The Hall–Kier alpha value is -3.30. The van der Waals surface area contributed by atoms with Crippen molar-refractivity contribution in [2.45, 2.75) is 51.7 Å². The Bertz CT molecular complexity index is 825. The van der Waals surface area contributed by atoms with E-state index in [-0.39, 0.29) is 30.5 Å². The molecule has 3 amide bonds. The third kappa shape index (κ3) is 8.09. The number of phenols is 1. The number of carbonyl (C=O) groups is 4. The summed E-state index contributed by atoms with van der Waals surface area (Å²) in [6.07, 6.45) is 0.216. The van der Waals surface area contributed by atoms with E-state index in [2.05, 4.69) is 10.6 Å². The lowest BCUT2D eigenvalue weighted by atomic mass is 9.95. The first kappa shape index (κ1) is 25.0. The van der Waals surface area contributed by atoms with Crippen molar-refractivity contribution in [2.24, 2.45) is 5.92 Å². The molecule has 0 radical (unpaired) electrons. The second kappa shape index (κ2) is 10.8. The molecule has 1 aromatic rings. The third-order valence-corrected chi connectivity index (χ3v) is 4.99. The molecule has 0 aromatic heterocycles. The molecule has 176 valence electrons. The minimum atomic E-state index is -1.15. The Morgan fingerprint density at radius 3 is 2.25 bits per heavy atom. The van der Waals surface area contributed by atoms with Crippen LogP contribution in [0.25, 0.3) is 0 Å². The van der Waals surface area contributed by atoms with Crippen LogP contribution < -0.4 is 10.6 Å². The summed E-state index contributed by atoms with van der Waals surface area (Å²) in [6, 6.07) is 5.03. The van der Waals surface area contributed by atoms with Crippen LogP contribution in [0.4, 0.5) is 4.79 Å². The van der Waals surface area contributed by atoms with Gasteiger partial charge in [-0.15, -0.1) is 0 Å². The zero-order valence-electron chi connectivity index (χ0n) is 18.6. The lowest BCUT2D eigenvalue weighted by Crippen LogP contribution is -2.49. The Kier molecular flexibility index (Phi) is 8.45. The van der Waals surface area contributed by atoms with Crippen molar-refractivity contribution in [3.8, 4) is 5.75 Å². The number of nitrogens with zero attached hydrogens (tertiary/aromatic N) is 1. The number of aromatic hydroxyl groups is 1. The average Bonchev–Trinajstić information content (AvgIpc) is 2.71. The van der Waals surface area contributed by atoms with Crippen LogP contribution in [0.2, 0.25) is 0 Å². The van der Waals surface area contributed by atoms with Gasteiger partial charge in [0.05, 0.1) is 0 Å². The molecule has 2 rings (SSSR count). The number of alkyl carbamates (subject to hydrolysis) is 1. The second-order valence-corrected chi connectivity index (χ2v) is 8.78. The molecule has 1 aliphatic rings. The van der Waals surface area contributed by atoms with Crippen molar-refractivity contribution >= 4 is 23.9 Å². The maximum absolute atomic E-state index is 12.6. The number of amides is 3. The number of nitrogens with one attached hydrogen (secondary N) is 2. The lowest BCUT2D eigenvalue weighted by molar-refractivity contribution is -0.143. The van der Waals surface area contributed by atoms with Crippen LogP contribution in [0.15, 0.2) is 24.3 Å². The Morgan fingerprint density at radius 1 is 1.12 bits per heavy atom. The highest BCUT2D eigenvalue weighted by molar-refractivity contribution is 5.86. The molecule has 1 aliphatic heterocycles. The first-order valence-electron chi connectivity index (χ1n) is 10.5. The van der Waals surface area contributed by atoms with Gasteiger partial charge in [-0.3, -0.25) is 9.59 Å². The SMILES string of the molecule is CC(C)(C)OC(=O)NCC(=O)N1CCC(C(=O)NC(Cc2ccc(O)cc2)C(=O)O)CC1. The second-order valence-electron chi connectivity index (χ2n) is 8.78. The Labute approximate surface area is 186 Å². The first-order chi connectivity index (χ1) is 14.9. The lowest BCUT2D eigenvalue weighted by Gasteiger charge is -2.32. The minimum Gasteiger partial charge on any atom is -0.508 e. The van der Waals surface area contributed by atoms with Crippen LogP contribution in [0.3, 0.4) is 0 Å². The van der Waals surface area contributed by atoms with Gasteiger partial charge in [-0.25, -0.2) is 9.59 Å². The maximum atomic E-state index is 12.6. The van der Waals surface area contributed by atoms with Gasteiger partial charge in [0.2, 0.25) is 11.8 Å². The van der Waals surface area contributed by atoms with E-state index in [0.29, 0.717) is 31.5 Å². The monoisotopic (exact) mass is 449 g/mol. The molecule has 1 aromatic carbocycles. The van der Waals surface area contributed by atoms with Crippen LogP contribution >= 0.6 is 0 Å². The maximum Gasteiger partial charge on any atom is 0.408 e. The Morgan fingerprint density at radius 2 is 1.72 bits per heavy atom. The summed E-state index contributed by atoms with van der Waals surface area (Å²) >= 11 is 0. The summed E-state index contributed by atoms with van der Waals surface area (Å²) in [5.41, 5.74) is 0.0166. The molecule has 0 saturated carbocycles. The molecule has 1 fully saturated rings. The summed E-state index contributed by atoms with van der Waals surface area (Å²) in [5.74, 6) is -2.11. The molecule has 1 atom stereocenters. The molecule has 0 spiro atoms. The molecule has 0 bridgehead atoms. The van der Waals surface area contributed by atoms with Crippen LogP contribution in [-0.2, 0) is 25.5 Å². The van der Waals surface area contributed by atoms with Crippen molar-refractivity contribution in [3.63, 3.8) is 0 Å². The Balaban J connectivity index is 1.80. The van der Waals surface area contributed by atoms with E-state index < -0.39 is 29.6 Å². The largest absolute Gasteiger partial charge is 0.508 e. The molecule has 10 heteroatoms. The van der Waals surface area contributed by atoms with Crippen LogP contribution in [0.5, 0.6) is 5.75 Å². The van der Waals surface area contributed by atoms with E-state index >= 15 is 0 Å². The first-order valence-corrected chi connectivity index (χ1v) is 10.5. The number of carboxylic acid groups (broad SMARTS) is 1. The number of rotatable bonds is 7. The van der Waals surface area contributed by atoms with Crippen molar-refractivity contribution < 1.29 is 34.1 Å². The van der Waals surface area contributed by atoms with Gasteiger partial charge in [0.15, 0.2) is 0 Å². The van der Waals surface area contributed by atoms with Crippen LogP contribution in [0.1, 0.15) is 39.2 Å². The van der Waals surface area contributed by atoms with Gasteiger partial charge in [0, 0.05) is 25.4 Å². The number of likely N-dealkylation sites (tertiary alicyclic amines) is 1. The van der Waals surface area contributed by atoms with E-state index in [0.717, 1.165) is 0 Å². The number of ether oxygens (including phenoxy) is 1. The summed E-state index contributed by atoms with van der Waals surface area (Å²) in [7, 11) is 0. The van der Waals surface area contributed by atoms with Crippen molar-refractivity contribution in [1.29, 1.82) is 0 Å². The van der Waals surface area contributed by atoms with Crippen molar-refractivity contribution in [3.05, 3.63) is 29.8 Å². The molecular formula is C22H31N3O7. The molecule has 32 heavy (non-hydrogen) atoms. The van der Waals surface area contributed by atoms with Crippen molar-refractivity contribution in [1.82, 2.24) is 15.5 Å². The molecule has 1 saturated heterocycles. The number of aliphatic carboxylic acids is 1. The van der Waals surface area contributed by atoms with Crippen LogP contribution in [-0.4, -0.2) is 70.3 Å². The number of piperidine rings is 1. The highest BCUT2D eigenvalue weighted by Gasteiger charge is 2.30. The molecule has 10 nitrogen and oxygen atoms in total. The minimum absolute atomic E-state index is 0.0762. The number of carbonyl (C=O) groups excluding carboxylic acids is 3. The summed E-state index contributed by atoms with van der Waals surface area (Å²) in [6.45, 7) is 5.66. The zero-order valence-corrected chi connectivity index (χ0v) is 18.6. The normalized spacial score (nSPS) is 15.5. The number of carboxylic acids is 1. The van der Waals surface area contributed by atoms with Gasteiger partial charge < -0.3 is 30.5 Å². The summed E-state index contributed by atoms with van der Waals surface area (Å²) < 4.78 is 5.09. The van der Waals surface area contributed by atoms with Gasteiger partial charge in [-0.1, -0.05) is 12.1 Å². The molecule has 1 heterocycles. The molecular weight excluding hydrogens is 418 g/mol. The van der Waals surface area contributed by atoms with Crippen LogP contribution in [0, 0.1) is 5.92 Å². The molecule has 1 unspecified atom stereocenters. The number of hydrogen-bond acceptors (Lipinski definition) is 6. The number of benzene rings is 1. The predicted octanol–water partition coefficient (Wildman–Crippen LogP) is 1.27. The van der Waals surface area contributed by atoms with Gasteiger partial charge >= 0.3 is 12.1 Å². The standard InChI is InChI=1S/C22H31N3O7/c1-22(2,3)32-21(31)23-13-18(27)25-10-8-15(9-11-25)19(28)24-17(20(29)30)12-14-4-6-16(26)7-5-14/h4-7,15,17,26H,8-13H2,1-3H3,(H,23,31)(H,24,28)(H,29,30).